The van der Waals surface area contributed by atoms with E-state index in [-0.39, 0.29) is 29.6 Å². The van der Waals surface area contributed by atoms with Crippen LogP contribution in [0.25, 0.3) is 0 Å². The number of fused-ring (bicyclic) bond motifs is 1. The zero-order valence-electron chi connectivity index (χ0n) is 24.0. The van der Waals surface area contributed by atoms with Crippen molar-refractivity contribution in [2.45, 2.75) is 81.3 Å². The number of unbranched alkanes of at least 4 members (excludes halogenated alkanes) is 4. The van der Waals surface area contributed by atoms with Crippen molar-refractivity contribution in [1.29, 1.82) is 0 Å². The number of carbonyl (C=O) groups excluding carboxylic acids is 3. The van der Waals surface area contributed by atoms with Crippen LogP contribution in [-0.4, -0.2) is 70.1 Å². The molecule has 3 heterocycles. The molecule has 3 aliphatic heterocycles. The van der Waals surface area contributed by atoms with Gasteiger partial charge in [-0.3, -0.25) is 14.4 Å². The Morgan fingerprint density at radius 2 is 1.90 bits per heavy atom. The molecule has 0 aromatic heterocycles. The van der Waals surface area contributed by atoms with Crippen molar-refractivity contribution in [2.24, 2.45) is 11.8 Å². The molecule has 4 rings (SSSR count). The number of aliphatic hydroxyl groups excluding tert-OH is 1. The molecular weight excluding hydrogens is 524 g/mol. The van der Waals surface area contributed by atoms with Crippen LogP contribution in [0, 0.1) is 25.7 Å². The first kappa shape index (κ1) is 30.4. The first-order valence-electron chi connectivity index (χ1n) is 14.7. The van der Waals surface area contributed by atoms with Crippen LogP contribution in [0.3, 0.4) is 0 Å². The lowest BCUT2D eigenvalue weighted by Gasteiger charge is -2.38. The van der Waals surface area contributed by atoms with Gasteiger partial charge in [0, 0.05) is 30.6 Å². The molecule has 0 radical (unpaired) electrons. The lowest BCUT2D eigenvalue weighted by Crippen LogP contribution is -2.55. The van der Waals surface area contributed by atoms with Crippen LogP contribution in [0.5, 0.6) is 0 Å². The Hall–Kier alpha value is -2.58. The number of amides is 2. The third-order valence-corrected chi connectivity index (χ3v) is 10.6. The third kappa shape index (κ3) is 5.62. The number of thioether (sulfide) groups is 1. The van der Waals surface area contributed by atoms with E-state index in [9.17, 15) is 19.5 Å². The first-order chi connectivity index (χ1) is 19.3. The van der Waals surface area contributed by atoms with E-state index in [2.05, 4.69) is 13.2 Å². The number of rotatable bonds is 15. The zero-order valence-corrected chi connectivity index (χ0v) is 24.8. The van der Waals surface area contributed by atoms with E-state index < -0.39 is 22.6 Å². The molecule has 3 fully saturated rings. The lowest BCUT2D eigenvalue weighted by molar-refractivity contribution is -0.154. The van der Waals surface area contributed by atoms with Gasteiger partial charge in [0.15, 0.2) is 0 Å². The molecule has 2 bridgehead atoms. The Morgan fingerprint density at radius 1 is 1.15 bits per heavy atom. The van der Waals surface area contributed by atoms with Gasteiger partial charge < -0.3 is 19.6 Å². The largest absolute Gasteiger partial charge is 0.465 e. The van der Waals surface area contributed by atoms with Gasteiger partial charge >= 0.3 is 5.97 Å². The number of ether oxygens (including phenoxy) is 1. The van der Waals surface area contributed by atoms with Gasteiger partial charge in [-0.05, 0) is 76.3 Å². The van der Waals surface area contributed by atoms with E-state index in [0.29, 0.717) is 32.5 Å². The minimum Gasteiger partial charge on any atom is -0.465 e. The average molecular weight is 569 g/mol. The molecule has 218 valence electrons. The molecule has 0 aliphatic carbocycles. The Kier molecular flexibility index (Phi) is 10.2. The van der Waals surface area contributed by atoms with Crippen molar-refractivity contribution < 1.29 is 24.2 Å². The van der Waals surface area contributed by atoms with Gasteiger partial charge in [-0.2, -0.15) is 0 Å². The molecule has 1 aromatic rings. The number of anilines is 1. The Labute approximate surface area is 243 Å². The fraction of sp³-hybridized carbons (Fsp3) is 0.594. The topological polar surface area (TPSA) is 87.2 Å². The van der Waals surface area contributed by atoms with E-state index >= 15 is 0 Å². The second-order valence-electron chi connectivity index (χ2n) is 11.3. The minimum atomic E-state index is -0.668. The highest BCUT2D eigenvalue weighted by molar-refractivity contribution is 8.02. The molecule has 1 spiro atoms. The van der Waals surface area contributed by atoms with Crippen LogP contribution in [0.2, 0.25) is 0 Å². The van der Waals surface area contributed by atoms with Crippen molar-refractivity contribution in [3.05, 3.63) is 54.6 Å². The molecule has 2 amide bonds. The molecule has 1 N–H and O–H groups in total. The molecule has 7 nitrogen and oxygen atoms in total. The monoisotopic (exact) mass is 568 g/mol. The normalized spacial score (nSPS) is 26.6. The summed E-state index contributed by atoms with van der Waals surface area (Å²) < 4.78 is 5.06. The number of hydrogen-bond acceptors (Lipinski definition) is 6. The van der Waals surface area contributed by atoms with E-state index in [1.807, 2.05) is 38.1 Å². The number of hydrogen-bond donors (Lipinski definition) is 1. The molecule has 8 heteroatoms. The van der Waals surface area contributed by atoms with Crippen molar-refractivity contribution in [1.82, 2.24) is 4.90 Å². The van der Waals surface area contributed by atoms with Gasteiger partial charge in [-0.15, -0.1) is 24.9 Å². The van der Waals surface area contributed by atoms with E-state index in [1.54, 1.807) is 27.6 Å². The first-order valence-corrected chi connectivity index (χ1v) is 15.6. The molecule has 40 heavy (non-hydrogen) atoms. The van der Waals surface area contributed by atoms with Crippen LogP contribution < -0.4 is 4.90 Å². The summed E-state index contributed by atoms with van der Waals surface area (Å²) in [6.07, 6.45) is 9.74. The molecule has 5 atom stereocenters. The highest BCUT2D eigenvalue weighted by atomic mass is 32.2. The Morgan fingerprint density at radius 3 is 2.58 bits per heavy atom. The number of aryl methyl sites for hydroxylation is 2. The number of para-hydroxylation sites is 1. The van der Waals surface area contributed by atoms with Gasteiger partial charge in [0.05, 0.1) is 23.2 Å². The number of esters is 1. The SMILES string of the molecule is C=CCCCCOC(=O)[C@@H]1[C@@H]2CCC3(S2)C(C(=O)N(CC=C)c2c(C)cccc2C)N(CCCCCO)C(=O)[C@H]13. The predicted octanol–water partition coefficient (Wildman–Crippen LogP) is 4.98. The third-order valence-electron chi connectivity index (χ3n) is 8.70. The quantitative estimate of drug-likeness (QED) is 0.183. The molecule has 3 saturated heterocycles. The van der Waals surface area contributed by atoms with Crippen LogP contribution in [0.4, 0.5) is 5.69 Å². The Bertz CT molecular complexity index is 1100. The van der Waals surface area contributed by atoms with Gasteiger partial charge in [0.2, 0.25) is 5.91 Å². The van der Waals surface area contributed by atoms with Crippen LogP contribution >= 0.6 is 11.8 Å². The summed E-state index contributed by atoms with van der Waals surface area (Å²) in [6.45, 7) is 12.8. The van der Waals surface area contributed by atoms with Crippen molar-refractivity contribution in [3.63, 3.8) is 0 Å². The lowest BCUT2D eigenvalue weighted by atomic mass is 9.71. The second kappa shape index (κ2) is 13.4. The maximum Gasteiger partial charge on any atom is 0.310 e. The van der Waals surface area contributed by atoms with E-state index in [1.165, 1.54) is 0 Å². The molecule has 1 aromatic carbocycles. The number of aliphatic hydroxyl groups is 1. The smallest absolute Gasteiger partial charge is 0.310 e. The second-order valence-corrected chi connectivity index (χ2v) is 12.9. The van der Waals surface area contributed by atoms with Gasteiger partial charge in [-0.25, -0.2) is 0 Å². The number of likely N-dealkylation sites (tertiary alicyclic amines) is 1. The standard InChI is InChI=1S/C32H44N2O5S/c1-5-7-8-12-21-39-31(38)25-24-16-17-32(40-24)26(25)29(36)34(19-10-9-11-20-35)28(32)30(37)33(18-6-2)27-22(3)14-13-15-23(27)4/h5-6,13-15,24-26,28,35H,1-2,7-12,16-21H2,3-4H3/t24-,25+,26-,28?,32?/m0/s1. The number of carbonyl (C=O) groups is 3. The fourth-order valence-electron chi connectivity index (χ4n) is 6.97. The summed E-state index contributed by atoms with van der Waals surface area (Å²) in [6, 6.07) is 5.30. The number of nitrogens with zero attached hydrogens (tertiary/aromatic N) is 2. The van der Waals surface area contributed by atoms with Crippen LogP contribution in [0.15, 0.2) is 43.5 Å². The van der Waals surface area contributed by atoms with Gasteiger partial charge in [0.1, 0.15) is 6.04 Å². The van der Waals surface area contributed by atoms with E-state index in [0.717, 1.165) is 55.3 Å². The number of benzene rings is 1. The average Bonchev–Trinajstić information content (AvgIpc) is 3.57. The summed E-state index contributed by atoms with van der Waals surface area (Å²) in [4.78, 5) is 45.8. The summed E-state index contributed by atoms with van der Waals surface area (Å²) >= 11 is 1.67. The predicted molar refractivity (Wildman–Crippen MR) is 160 cm³/mol. The van der Waals surface area contributed by atoms with Crippen molar-refractivity contribution in [3.8, 4) is 0 Å². The van der Waals surface area contributed by atoms with Gasteiger partial charge in [-0.1, -0.05) is 30.4 Å². The van der Waals surface area contributed by atoms with Crippen LogP contribution in [0.1, 0.15) is 62.5 Å². The zero-order chi connectivity index (χ0) is 28.9. The summed E-state index contributed by atoms with van der Waals surface area (Å²) in [7, 11) is 0. The Balaban J connectivity index is 1.67. The fourth-order valence-corrected chi connectivity index (χ4v) is 9.17. The molecule has 0 saturated carbocycles. The minimum absolute atomic E-state index is 0.0190. The number of allylic oxidation sites excluding steroid dienone is 1. The maximum atomic E-state index is 14.7. The highest BCUT2D eigenvalue weighted by Crippen LogP contribution is 2.66. The summed E-state index contributed by atoms with van der Waals surface area (Å²) in [5.41, 5.74) is 2.83. The van der Waals surface area contributed by atoms with Crippen molar-refractivity contribution >= 4 is 35.2 Å². The van der Waals surface area contributed by atoms with Gasteiger partial charge in [0.25, 0.3) is 5.91 Å². The molecule has 2 unspecified atom stereocenters. The molecular formula is C32H44N2O5S. The van der Waals surface area contributed by atoms with Crippen molar-refractivity contribution in [2.75, 3.05) is 31.2 Å². The summed E-state index contributed by atoms with van der Waals surface area (Å²) in [5.74, 6) is -1.61. The maximum absolute atomic E-state index is 14.7. The summed E-state index contributed by atoms with van der Waals surface area (Å²) in [5, 5.41) is 9.26. The van der Waals surface area contributed by atoms with Crippen LogP contribution in [-0.2, 0) is 19.1 Å². The molecule has 3 aliphatic rings. The highest BCUT2D eigenvalue weighted by Gasteiger charge is 2.74. The van der Waals surface area contributed by atoms with E-state index in [4.69, 9.17) is 4.74 Å².